The van der Waals surface area contributed by atoms with Gasteiger partial charge in [-0.25, -0.2) is 0 Å². The van der Waals surface area contributed by atoms with E-state index in [1.165, 1.54) is 11.1 Å². The molecule has 2 aromatic carbocycles. The molecule has 0 heterocycles. The molecule has 0 unspecified atom stereocenters. The Morgan fingerprint density at radius 2 is 1.82 bits per heavy atom. The highest BCUT2D eigenvalue weighted by atomic mass is 28.4. The standard InChI is InChI=1S/C29H40O3Si/c1-7-28-20-26(30)29(31,18-21-11-9-8-10-12-21)19-23(28)14-13-22-17-24(15-16-25(22)28)32-33(5,6)27(2,3)4/h8-12,15-17,23,31H,7,13-14,18-20H2,1-6H3/t23-,28-,29+/m1/s1. The van der Waals surface area contributed by atoms with Crippen molar-refractivity contribution in [3.8, 4) is 5.75 Å². The van der Waals surface area contributed by atoms with Gasteiger partial charge in [0.1, 0.15) is 11.4 Å². The van der Waals surface area contributed by atoms with E-state index in [-0.39, 0.29) is 16.2 Å². The third-order valence-electron chi connectivity index (χ3n) is 8.89. The van der Waals surface area contributed by atoms with Crippen LogP contribution < -0.4 is 4.43 Å². The van der Waals surface area contributed by atoms with E-state index >= 15 is 0 Å². The lowest BCUT2D eigenvalue weighted by Gasteiger charge is -2.52. The van der Waals surface area contributed by atoms with Gasteiger partial charge < -0.3 is 9.53 Å². The number of aryl methyl sites for hydroxylation is 1. The Balaban J connectivity index is 1.63. The molecule has 3 nitrogen and oxygen atoms in total. The van der Waals surface area contributed by atoms with Crippen molar-refractivity contribution in [2.24, 2.45) is 5.92 Å². The largest absolute Gasteiger partial charge is 0.543 e. The normalized spacial score (nSPS) is 27.6. The summed E-state index contributed by atoms with van der Waals surface area (Å²) in [6.07, 6.45) is 4.29. The molecule has 0 bridgehead atoms. The van der Waals surface area contributed by atoms with Gasteiger partial charge in [0, 0.05) is 18.3 Å². The molecular weight excluding hydrogens is 424 g/mol. The third-order valence-corrected chi connectivity index (χ3v) is 13.2. The maximum absolute atomic E-state index is 13.4. The fourth-order valence-corrected chi connectivity index (χ4v) is 6.84. The Morgan fingerprint density at radius 1 is 1.12 bits per heavy atom. The molecule has 0 radical (unpaired) electrons. The highest BCUT2D eigenvalue weighted by Crippen LogP contribution is 2.54. The van der Waals surface area contributed by atoms with Crippen LogP contribution in [-0.2, 0) is 23.1 Å². The molecule has 178 valence electrons. The second-order valence-corrected chi connectivity index (χ2v) is 16.6. The summed E-state index contributed by atoms with van der Waals surface area (Å²) in [7, 11) is -1.91. The van der Waals surface area contributed by atoms with Gasteiger partial charge in [0.15, 0.2) is 5.78 Å². The first-order valence-electron chi connectivity index (χ1n) is 12.5. The lowest BCUT2D eigenvalue weighted by atomic mass is 9.52. The number of aliphatic hydroxyl groups is 1. The molecule has 4 heteroatoms. The Hall–Kier alpha value is -1.91. The zero-order chi connectivity index (χ0) is 24.1. The SMILES string of the molecule is CC[C@@]12CC(=O)[C@](O)(Cc3ccccc3)C[C@H]1CCc1cc(O[Si](C)(C)C(C)(C)C)ccc12. The zero-order valence-electron chi connectivity index (χ0n) is 21.2. The van der Waals surface area contributed by atoms with Gasteiger partial charge in [-0.05, 0) is 78.6 Å². The number of carbonyl (C=O) groups excluding carboxylic acids is 1. The molecule has 1 N–H and O–H groups in total. The van der Waals surface area contributed by atoms with Gasteiger partial charge in [-0.15, -0.1) is 0 Å². The molecule has 0 spiro atoms. The van der Waals surface area contributed by atoms with E-state index in [1.807, 2.05) is 30.3 Å². The Bertz CT molecular complexity index is 1020. The molecule has 0 saturated heterocycles. The van der Waals surface area contributed by atoms with E-state index in [4.69, 9.17) is 4.43 Å². The van der Waals surface area contributed by atoms with Gasteiger partial charge in [0.2, 0.25) is 8.32 Å². The van der Waals surface area contributed by atoms with Crippen molar-refractivity contribution in [1.29, 1.82) is 0 Å². The van der Waals surface area contributed by atoms with Gasteiger partial charge in [-0.1, -0.05) is 64.1 Å². The fraction of sp³-hybridized carbons (Fsp3) is 0.552. The molecule has 0 amide bonds. The molecule has 2 aromatic rings. The smallest absolute Gasteiger partial charge is 0.250 e. The van der Waals surface area contributed by atoms with Crippen LogP contribution >= 0.6 is 0 Å². The van der Waals surface area contributed by atoms with E-state index in [0.29, 0.717) is 25.2 Å². The molecule has 1 fully saturated rings. The molecule has 1 saturated carbocycles. The highest BCUT2D eigenvalue weighted by Gasteiger charge is 2.55. The molecule has 33 heavy (non-hydrogen) atoms. The minimum Gasteiger partial charge on any atom is -0.543 e. The van der Waals surface area contributed by atoms with Gasteiger partial charge in [-0.3, -0.25) is 4.79 Å². The van der Waals surface area contributed by atoms with Crippen LogP contribution in [-0.4, -0.2) is 24.8 Å². The number of rotatable bonds is 5. The summed E-state index contributed by atoms with van der Waals surface area (Å²) in [5.74, 6) is 1.28. The van der Waals surface area contributed by atoms with Crippen molar-refractivity contribution in [2.45, 2.75) is 95.4 Å². The Morgan fingerprint density at radius 3 is 2.45 bits per heavy atom. The minimum atomic E-state index is -1.91. The molecule has 2 aliphatic rings. The van der Waals surface area contributed by atoms with Crippen LogP contribution in [0.25, 0.3) is 0 Å². The van der Waals surface area contributed by atoms with Crippen LogP contribution in [0, 0.1) is 5.92 Å². The van der Waals surface area contributed by atoms with Gasteiger partial charge in [0.05, 0.1) is 0 Å². The Kier molecular flexibility index (Phi) is 6.16. The molecule has 4 rings (SSSR count). The predicted molar refractivity (Wildman–Crippen MR) is 137 cm³/mol. The van der Waals surface area contributed by atoms with Crippen molar-refractivity contribution in [1.82, 2.24) is 0 Å². The van der Waals surface area contributed by atoms with E-state index in [0.717, 1.165) is 30.6 Å². The summed E-state index contributed by atoms with van der Waals surface area (Å²) in [6.45, 7) is 13.6. The predicted octanol–water partition coefficient (Wildman–Crippen LogP) is 6.62. The average molecular weight is 465 g/mol. The second kappa shape index (κ2) is 8.39. The van der Waals surface area contributed by atoms with Gasteiger partial charge in [-0.2, -0.15) is 0 Å². The van der Waals surface area contributed by atoms with Crippen LogP contribution in [0.4, 0.5) is 0 Å². The average Bonchev–Trinajstić information content (AvgIpc) is 2.74. The molecule has 3 atom stereocenters. The molecular formula is C29H40O3Si. The van der Waals surface area contributed by atoms with Gasteiger partial charge >= 0.3 is 0 Å². The topological polar surface area (TPSA) is 46.5 Å². The lowest BCUT2D eigenvalue weighted by Crippen LogP contribution is -2.56. The first-order chi connectivity index (χ1) is 15.4. The third kappa shape index (κ3) is 4.32. The molecule has 0 aliphatic heterocycles. The second-order valence-electron chi connectivity index (χ2n) is 11.9. The number of benzene rings is 2. The summed E-state index contributed by atoms with van der Waals surface area (Å²) in [5.41, 5.74) is 2.22. The number of hydrogen-bond donors (Lipinski definition) is 1. The van der Waals surface area contributed by atoms with E-state index in [1.54, 1.807) is 0 Å². The van der Waals surface area contributed by atoms with E-state index in [9.17, 15) is 9.90 Å². The maximum atomic E-state index is 13.4. The van der Waals surface area contributed by atoms with Crippen LogP contribution in [0.1, 0.15) is 70.1 Å². The van der Waals surface area contributed by atoms with E-state index in [2.05, 4.69) is 59.0 Å². The maximum Gasteiger partial charge on any atom is 0.250 e. The summed E-state index contributed by atoms with van der Waals surface area (Å²) >= 11 is 0. The first kappa shape index (κ1) is 24.2. The first-order valence-corrected chi connectivity index (χ1v) is 15.4. The molecule has 2 aliphatic carbocycles. The van der Waals surface area contributed by atoms with Crippen LogP contribution in [0.2, 0.25) is 18.1 Å². The highest BCUT2D eigenvalue weighted by molar-refractivity contribution is 6.74. The minimum absolute atomic E-state index is 0.00102. The monoisotopic (exact) mass is 464 g/mol. The van der Waals surface area contributed by atoms with Crippen LogP contribution in [0.3, 0.4) is 0 Å². The number of Topliss-reactive ketones (excluding diaryl/α,β-unsaturated/α-hetero) is 1. The van der Waals surface area contributed by atoms with Gasteiger partial charge in [0.25, 0.3) is 0 Å². The fourth-order valence-electron chi connectivity index (χ4n) is 5.82. The van der Waals surface area contributed by atoms with Crippen molar-refractivity contribution in [3.63, 3.8) is 0 Å². The molecule has 0 aromatic heterocycles. The van der Waals surface area contributed by atoms with Crippen molar-refractivity contribution >= 4 is 14.1 Å². The van der Waals surface area contributed by atoms with Crippen LogP contribution in [0.15, 0.2) is 48.5 Å². The number of hydrogen-bond acceptors (Lipinski definition) is 3. The Labute approximate surface area is 200 Å². The van der Waals surface area contributed by atoms with Crippen molar-refractivity contribution in [3.05, 3.63) is 65.2 Å². The summed E-state index contributed by atoms with van der Waals surface area (Å²) < 4.78 is 6.59. The number of fused-ring (bicyclic) bond motifs is 3. The van der Waals surface area contributed by atoms with Crippen LogP contribution in [0.5, 0.6) is 5.75 Å². The number of carbonyl (C=O) groups is 1. The quantitative estimate of drug-likeness (QED) is 0.506. The van der Waals surface area contributed by atoms with Crippen molar-refractivity contribution < 1.29 is 14.3 Å². The lowest BCUT2D eigenvalue weighted by molar-refractivity contribution is -0.148. The summed E-state index contributed by atoms with van der Waals surface area (Å²) in [5, 5.41) is 11.6. The van der Waals surface area contributed by atoms with E-state index < -0.39 is 13.9 Å². The zero-order valence-corrected chi connectivity index (χ0v) is 22.2. The number of ketones is 1. The summed E-state index contributed by atoms with van der Waals surface area (Å²) in [6, 6.07) is 16.5. The summed E-state index contributed by atoms with van der Waals surface area (Å²) in [4.78, 5) is 13.4. The van der Waals surface area contributed by atoms with Crippen molar-refractivity contribution in [2.75, 3.05) is 0 Å².